The molecule has 2 amide bonds. The van der Waals surface area contributed by atoms with Gasteiger partial charge >= 0.3 is 0 Å². The van der Waals surface area contributed by atoms with Gasteiger partial charge in [-0.05, 0) is 57.5 Å². The third-order valence-corrected chi connectivity index (χ3v) is 7.08. The van der Waals surface area contributed by atoms with Crippen LogP contribution in [0, 0.1) is 0 Å². The highest BCUT2D eigenvalue weighted by Gasteiger charge is 2.32. The van der Waals surface area contributed by atoms with Gasteiger partial charge in [-0.25, -0.2) is 8.42 Å². The molecule has 0 radical (unpaired) electrons. The summed E-state index contributed by atoms with van der Waals surface area (Å²) in [6.07, 6.45) is 0.993. The number of hydrogen-bond acceptors (Lipinski definition) is 6. The minimum atomic E-state index is -3.91. The molecule has 204 valence electrons. The summed E-state index contributed by atoms with van der Waals surface area (Å²) in [7, 11) is -1.03. The summed E-state index contributed by atoms with van der Waals surface area (Å²) in [4.78, 5) is 28.0. The first-order valence-corrected chi connectivity index (χ1v) is 13.9. The molecule has 0 aromatic heterocycles. The largest absolute Gasteiger partial charge is 0.493 e. The molecule has 1 N–H and O–H groups in total. The van der Waals surface area contributed by atoms with E-state index in [1.165, 1.54) is 37.3 Å². The Morgan fingerprint density at radius 1 is 1.03 bits per heavy atom. The number of carbonyl (C=O) groups excluding carboxylic acids is 2. The standard InChI is InChI=1S/C25H33Cl2N3O6S/c1-16(24(32)28-25(2,3)4)29(14-17-8-9-18(26)12-20(17)27)23(31)15-30(37(7,33)34)19-10-11-21(35-5)22(13-19)36-6/h8-13,16H,14-15H2,1-7H3,(H,28,32)/t16-/m1/s1. The van der Waals surface area contributed by atoms with Gasteiger partial charge in [-0.3, -0.25) is 13.9 Å². The molecule has 0 spiro atoms. The monoisotopic (exact) mass is 573 g/mol. The Kier molecular flexibility index (Phi) is 10.1. The number of methoxy groups -OCH3 is 2. The van der Waals surface area contributed by atoms with E-state index in [4.69, 9.17) is 32.7 Å². The Morgan fingerprint density at radius 2 is 1.65 bits per heavy atom. The SMILES string of the molecule is COc1ccc(N(CC(=O)N(Cc2ccc(Cl)cc2Cl)[C@H](C)C(=O)NC(C)(C)C)S(C)(=O)=O)cc1OC. The van der Waals surface area contributed by atoms with Crippen molar-refractivity contribution in [2.45, 2.75) is 45.8 Å². The first-order chi connectivity index (χ1) is 17.1. The third-order valence-electron chi connectivity index (χ3n) is 5.36. The van der Waals surface area contributed by atoms with Crippen molar-refractivity contribution in [3.8, 4) is 11.5 Å². The Morgan fingerprint density at radius 3 is 2.16 bits per heavy atom. The van der Waals surface area contributed by atoms with E-state index in [0.717, 1.165) is 10.6 Å². The first kappa shape index (κ1) is 30.5. The quantitative estimate of drug-likeness (QED) is 0.458. The number of hydrogen-bond donors (Lipinski definition) is 1. The van der Waals surface area contributed by atoms with Crippen molar-refractivity contribution < 1.29 is 27.5 Å². The van der Waals surface area contributed by atoms with Crippen LogP contribution in [0.1, 0.15) is 33.3 Å². The number of carbonyl (C=O) groups is 2. The number of nitrogens with zero attached hydrogens (tertiary/aromatic N) is 2. The van der Waals surface area contributed by atoms with Gasteiger partial charge in [0.25, 0.3) is 0 Å². The molecule has 0 bridgehead atoms. The van der Waals surface area contributed by atoms with E-state index in [2.05, 4.69) is 5.32 Å². The van der Waals surface area contributed by atoms with Crippen LogP contribution in [0.15, 0.2) is 36.4 Å². The molecule has 0 saturated carbocycles. The summed E-state index contributed by atoms with van der Waals surface area (Å²) in [6.45, 7) is 6.43. The summed E-state index contributed by atoms with van der Waals surface area (Å²) >= 11 is 12.4. The Bertz CT molecular complexity index is 1250. The van der Waals surface area contributed by atoms with Crippen LogP contribution in [0.4, 0.5) is 5.69 Å². The van der Waals surface area contributed by atoms with Gasteiger partial charge < -0.3 is 19.7 Å². The van der Waals surface area contributed by atoms with E-state index in [1.807, 2.05) is 20.8 Å². The second kappa shape index (κ2) is 12.2. The zero-order valence-corrected chi connectivity index (χ0v) is 24.3. The van der Waals surface area contributed by atoms with Crippen LogP contribution in [0.5, 0.6) is 11.5 Å². The second-order valence-corrected chi connectivity index (χ2v) is 12.2. The molecule has 0 aliphatic carbocycles. The molecular formula is C25H33Cl2N3O6S. The predicted molar refractivity (Wildman–Crippen MR) is 146 cm³/mol. The van der Waals surface area contributed by atoms with Crippen LogP contribution >= 0.6 is 23.2 Å². The molecule has 1 atom stereocenters. The molecule has 0 saturated heterocycles. The van der Waals surface area contributed by atoms with Gasteiger partial charge in [-0.15, -0.1) is 0 Å². The second-order valence-electron chi connectivity index (χ2n) is 9.48. The summed E-state index contributed by atoms with van der Waals surface area (Å²) < 4.78 is 37.0. The van der Waals surface area contributed by atoms with Crippen molar-refractivity contribution in [3.05, 3.63) is 52.0 Å². The van der Waals surface area contributed by atoms with Crippen LogP contribution in [-0.4, -0.2) is 63.7 Å². The topological polar surface area (TPSA) is 105 Å². The number of rotatable bonds is 10. The summed E-state index contributed by atoms with van der Waals surface area (Å²) in [5, 5.41) is 3.59. The van der Waals surface area contributed by atoms with Crippen molar-refractivity contribution in [2.75, 3.05) is 31.3 Å². The van der Waals surface area contributed by atoms with Crippen LogP contribution in [0.25, 0.3) is 0 Å². The van der Waals surface area contributed by atoms with Gasteiger partial charge in [0.15, 0.2) is 11.5 Å². The molecular weight excluding hydrogens is 541 g/mol. The van der Waals surface area contributed by atoms with E-state index < -0.39 is 40.0 Å². The number of nitrogens with one attached hydrogen (secondary N) is 1. The molecule has 37 heavy (non-hydrogen) atoms. The molecule has 2 aromatic carbocycles. The van der Waals surface area contributed by atoms with Crippen molar-refractivity contribution >= 4 is 50.7 Å². The predicted octanol–water partition coefficient (Wildman–Crippen LogP) is 4.11. The van der Waals surface area contributed by atoms with Crippen LogP contribution in [0.2, 0.25) is 10.0 Å². The fourth-order valence-electron chi connectivity index (χ4n) is 3.48. The maximum absolute atomic E-state index is 13.7. The van der Waals surface area contributed by atoms with Gasteiger partial charge in [-0.1, -0.05) is 29.3 Å². The average molecular weight is 575 g/mol. The maximum Gasteiger partial charge on any atom is 0.244 e. The van der Waals surface area contributed by atoms with Crippen LogP contribution in [-0.2, 0) is 26.2 Å². The molecule has 2 aromatic rings. The zero-order valence-electron chi connectivity index (χ0n) is 22.0. The highest BCUT2D eigenvalue weighted by molar-refractivity contribution is 7.92. The lowest BCUT2D eigenvalue weighted by atomic mass is 10.1. The van der Waals surface area contributed by atoms with Gasteiger partial charge in [-0.2, -0.15) is 0 Å². The van der Waals surface area contributed by atoms with E-state index in [0.29, 0.717) is 27.1 Å². The average Bonchev–Trinajstić information content (AvgIpc) is 2.79. The number of amides is 2. The van der Waals surface area contributed by atoms with Crippen molar-refractivity contribution in [1.82, 2.24) is 10.2 Å². The minimum absolute atomic E-state index is 0.0445. The number of benzene rings is 2. The van der Waals surface area contributed by atoms with Gasteiger partial charge in [0.2, 0.25) is 21.8 Å². The van der Waals surface area contributed by atoms with Crippen molar-refractivity contribution in [3.63, 3.8) is 0 Å². The highest BCUT2D eigenvalue weighted by atomic mass is 35.5. The van der Waals surface area contributed by atoms with E-state index in [9.17, 15) is 18.0 Å². The molecule has 12 heteroatoms. The summed E-state index contributed by atoms with van der Waals surface area (Å²) in [5.74, 6) is -0.313. The zero-order chi connectivity index (χ0) is 28.1. The minimum Gasteiger partial charge on any atom is -0.493 e. The van der Waals surface area contributed by atoms with Crippen molar-refractivity contribution in [1.29, 1.82) is 0 Å². The Labute approximate surface area is 228 Å². The smallest absolute Gasteiger partial charge is 0.244 e. The molecule has 0 aliphatic rings. The first-order valence-electron chi connectivity index (χ1n) is 11.3. The lowest BCUT2D eigenvalue weighted by Crippen LogP contribution is -2.54. The fourth-order valence-corrected chi connectivity index (χ4v) is 4.79. The Hall–Kier alpha value is -2.69. The number of sulfonamides is 1. The Balaban J connectivity index is 2.49. The maximum atomic E-state index is 13.7. The van der Waals surface area contributed by atoms with Gasteiger partial charge in [0.1, 0.15) is 12.6 Å². The normalized spacial score (nSPS) is 12.5. The molecule has 0 heterocycles. The molecule has 0 unspecified atom stereocenters. The summed E-state index contributed by atoms with van der Waals surface area (Å²) in [6, 6.07) is 8.38. The van der Waals surface area contributed by atoms with Crippen molar-refractivity contribution in [2.24, 2.45) is 0 Å². The van der Waals surface area contributed by atoms with E-state index >= 15 is 0 Å². The van der Waals surface area contributed by atoms with Crippen LogP contribution in [0.3, 0.4) is 0 Å². The fraction of sp³-hybridized carbons (Fsp3) is 0.440. The number of halogens is 2. The number of anilines is 1. The van der Waals surface area contributed by atoms with Gasteiger partial charge in [0.05, 0.1) is 26.2 Å². The van der Waals surface area contributed by atoms with E-state index in [-0.39, 0.29) is 12.2 Å². The molecule has 0 fully saturated rings. The van der Waals surface area contributed by atoms with E-state index in [1.54, 1.807) is 25.1 Å². The molecule has 9 nitrogen and oxygen atoms in total. The third kappa shape index (κ3) is 8.41. The molecule has 0 aliphatic heterocycles. The highest BCUT2D eigenvalue weighted by Crippen LogP contribution is 2.32. The lowest BCUT2D eigenvalue weighted by molar-refractivity contribution is -0.140. The van der Waals surface area contributed by atoms with Gasteiger partial charge in [0, 0.05) is 28.2 Å². The lowest BCUT2D eigenvalue weighted by Gasteiger charge is -2.33. The number of ether oxygens (including phenoxy) is 2. The van der Waals surface area contributed by atoms with Crippen LogP contribution < -0.4 is 19.1 Å². The summed E-state index contributed by atoms with van der Waals surface area (Å²) in [5.41, 5.74) is 0.202. The molecule has 2 rings (SSSR count).